The smallest absolute Gasteiger partial charge is 0.0586 e. The molecule has 0 aliphatic carbocycles. The maximum atomic E-state index is 12.3. The van der Waals surface area contributed by atoms with Crippen molar-refractivity contribution >= 4 is 55.6 Å². The van der Waals surface area contributed by atoms with Gasteiger partial charge in [-0.3, -0.25) is 4.21 Å². The molecule has 2 N–H and O–H groups in total. The van der Waals surface area contributed by atoms with Crippen LogP contribution < -0.4 is 5.73 Å². The summed E-state index contributed by atoms with van der Waals surface area (Å²) < 4.78 is 13.1. The van der Waals surface area contributed by atoms with E-state index in [0.29, 0.717) is 26.4 Å². The molecule has 0 aromatic heterocycles. The predicted molar refractivity (Wildman–Crippen MR) is 85.1 cm³/mol. The Morgan fingerprint density at radius 2 is 1.89 bits per heavy atom. The molecule has 2 aromatic rings. The van der Waals surface area contributed by atoms with Crippen molar-refractivity contribution in [3.8, 4) is 0 Å². The van der Waals surface area contributed by atoms with Gasteiger partial charge in [-0.2, -0.15) is 0 Å². The van der Waals surface area contributed by atoms with Crippen molar-refractivity contribution in [2.45, 2.75) is 10.6 Å². The Kier molecular flexibility index (Phi) is 4.90. The molecule has 1 unspecified atom stereocenters. The third-order valence-electron chi connectivity index (χ3n) is 2.50. The summed E-state index contributed by atoms with van der Waals surface area (Å²) in [5.74, 6) is 0.332. The van der Waals surface area contributed by atoms with E-state index in [-0.39, 0.29) is 0 Å². The van der Waals surface area contributed by atoms with Crippen molar-refractivity contribution in [1.82, 2.24) is 0 Å². The Balaban J connectivity index is 2.25. The number of anilines is 1. The van der Waals surface area contributed by atoms with Crippen molar-refractivity contribution in [2.24, 2.45) is 0 Å². The first-order valence-electron chi connectivity index (χ1n) is 5.34. The third kappa shape index (κ3) is 3.72. The van der Waals surface area contributed by atoms with Crippen molar-refractivity contribution in [3.63, 3.8) is 0 Å². The van der Waals surface area contributed by atoms with E-state index >= 15 is 0 Å². The summed E-state index contributed by atoms with van der Waals surface area (Å²) in [6.07, 6.45) is 0. The van der Waals surface area contributed by atoms with E-state index in [9.17, 15) is 4.21 Å². The lowest BCUT2D eigenvalue weighted by Crippen LogP contribution is -1.99. The maximum absolute atomic E-state index is 12.3. The van der Waals surface area contributed by atoms with E-state index in [1.54, 1.807) is 36.4 Å². The van der Waals surface area contributed by atoms with Gasteiger partial charge in [-0.15, -0.1) is 0 Å². The van der Waals surface area contributed by atoms with Gasteiger partial charge in [-0.25, -0.2) is 0 Å². The summed E-state index contributed by atoms with van der Waals surface area (Å²) >= 11 is 15.3. The molecule has 6 heteroatoms. The van der Waals surface area contributed by atoms with Crippen LogP contribution in [0.25, 0.3) is 0 Å². The molecule has 2 aromatic carbocycles. The molecule has 0 aliphatic heterocycles. The monoisotopic (exact) mass is 377 g/mol. The van der Waals surface area contributed by atoms with E-state index in [1.165, 1.54) is 0 Å². The average Bonchev–Trinajstić information content (AvgIpc) is 2.32. The predicted octanol–water partition coefficient (Wildman–Crippen LogP) is 4.65. The molecule has 0 bridgehead atoms. The SMILES string of the molecule is Nc1ccc(S(=O)Cc2ccc(Cl)cc2Cl)c(Br)c1. The molecule has 0 heterocycles. The second-order valence-corrected chi connectivity index (χ2v) is 7.03. The second-order valence-electron chi connectivity index (χ2n) is 3.92. The lowest BCUT2D eigenvalue weighted by atomic mass is 10.2. The van der Waals surface area contributed by atoms with Gasteiger partial charge in [0.2, 0.25) is 0 Å². The van der Waals surface area contributed by atoms with Crippen LogP contribution in [0.5, 0.6) is 0 Å². The molecule has 0 saturated heterocycles. The highest BCUT2D eigenvalue weighted by Gasteiger charge is 2.11. The molecule has 0 saturated carbocycles. The topological polar surface area (TPSA) is 43.1 Å². The van der Waals surface area contributed by atoms with Crippen LogP contribution in [0.1, 0.15) is 5.56 Å². The van der Waals surface area contributed by atoms with Crippen LogP contribution in [0.3, 0.4) is 0 Å². The zero-order chi connectivity index (χ0) is 14.0. The maximum Gasteiger partial charge on any atom is 0.0586 e. The van der Waals surface area contributed by atoms with E-state index in [1.807, 2.05) is 0 Å². The van der Waals surface area contributed by atoms with E-state index in [4.69, 9.17) is 28.9 Å². The van der Waals surface area contributed by atoms with Crippen molar-refractivity contribution in [2.75, 3.05) is 5.73 Å². The van der Waals surface area contributed by atoms with Gasteiger partial charge in [0.25, 0.3) is 0 Å². The Bertz CT molecular complexity index is 649. The number of benzene rings is 2. The minimum absolute atomic E-state index is 0.332. The standard InChI is InChI=1S/C13H10BrCl2NOS/c14-11-6-10(17)3-4-13(11)19(18)7-8-1-2-9(15)5-12(8)16/h1-6H,7,17H2. The molecular formula is C13H10BrCl2NOS. The summed E-state index contributed by atoms with van der Waals surface area (Å²) in [5, 5.41) is 1.08. The molecule has 0 amide bonds. The van der Waals surface area contributed by atoms with Crippen LogP contribution in [0, 0.1) is 0 Å². The second kappa shape index (κ2) is 6.27. The van der Waals surface area contributed by atoms with Crippen molar-refractivity contribution in [3.05, 3.63) is 56.5 Å². The minimum Gasteiger partial charge on any atom is -0.399 e. The molecule has 2 rings (SSSR count). The Labute approximate surface area is 132 Å². The lowest BCUT2D eigenvalue weighted by Gasteiger charge is -2.07. The van der Waals surface area contributed by atoms with Crippen LogP contribution in [0.15, 0.2) is 45.8 Å². The van der Waals surface area contributed by atoms with Gasteiger partial charge in [-0.05, 0) is 51.8 Å². The van der Waals surface area contributed by atoms with Gasteiger partial charge < -0.3 is 5.73 Å². The summed E-state index contributed by atoms with van der Waals surface area (Å²) in [6.45, 7) is 0. The van der Waals surface area contributed by atoms with Crippen LogP contribution in [0.2, 0.25) is 10.0 Å². The highest BCUT2D eigenvalue weighted by molar-refractivity contribution is 9.10. The average molecular weight is 379 g/mol. The number of hydrogen-bond acceptors (Lipinski definition) is 2. The van der Waals surface area contributed by atoms with Crippen molar-refractivity contribution < 1.29 is 4.21 Å². The number of nitrogens with two attached hydrogens (primary N) is 1. The molecule has 0 fully saturated rings. The first kappa shape index (κ1) is 14.9. The van der Waals surface area contributed by atoms with E-state index in [0.717, 1.165) is 10.0 Å². The summed E-state index contributed by atoms with van der Waals surface area (Å²) in [6, 6.07) is 10.4. The highest BCUT2D eigenvalue weighted by atomic mass is 79.9. The summed E-state index contributed by atoms with van der Waals surface area (Å²) in [4.78, 5) is 0.695. The number of nitrogen functional groups attached to an aromatic ring is 1. The molecule has 0 spiro atoms. The summed E-state index contributed by atoms with van der Waals surface area (Å²) in [7, 11) is -1.20. The molecule has 0 aliphatic rings. The molecular weight excluding hydrogens is 369 g/mol. The largest absolute Gasteiger partial charge is 0.399 e. The van der Waals surface area contributed by atoms with Gasteiger partial charge in [0.05, 0.1) is 21.4 Å². The normalized spacial score (nSPS) is 12.4. The lowest BCUT2D eigenvalue weighted by molar-refractivity contribution is 0.682. The van der Waals surface area contributed by atoms with Crippen LogP contribution >= 0.6 is 39.1 Å². The van der Waals surface area contributed by atoms with Gasteiger partial charge in [0.1, 0.15) is 0 Å². The fraction of sp³-hybridized carbons (Fsp3) is 0.0769. The third-order valence-corrected chi connectivity index (χ3v) is 5.43. The fourth-order valence-corrected chi connectivity index (χ4v) is 4.24. The van der Waals surface area contributed by atoms with Crippen LogP contribution in [0.4, 0.5) is 5.69 Å². The zero-order valence-corrected chi connectivity index (χ0v) is 13.6. The fourth-order valence-electron chi connectivity index (χ4n) is 1.56. The molecule has 2 nitrogen and oxygen atoms in total. The molecule has 100 valence electrons. The first-order chi connectivity index (χ1) is 8.97. The number of rotatable bonds is 3. The van der Waals surface area contributed by atoms with E-state index in [2.05, 4.69) is 15.9 Å². The Morgan fingerprint density at radius 1 is 1.16 bits per heavy atom. The Hall–Kier alpha value is -0.550. The van der Waals surface area contributed by atoms with Gasteiger partial charge in [0.15, 0.2) is 0 Å². The zero-order valence-electron chi connectivity index (χ0n) is 9.70. The van der Waals surface area contributed by atoms with Crippen molar-refractivity contribution in [1.29, 1.82) is 0 Å². The first-order valence-corrected chi connectivity index (χ1v) is 8.21. The minimum atomic E-state index is -1.20. The summed E-state index contributed by atoms with van der Waals surface area (Å²) in [5.41, 5.74) is 7.08. The van der Waals surface area contributed by atoms with Gasteiger partial charge >= 0.3 is 0 Å². The van der Waals surface area contributed by atoms with E-state index < -0.39 is 10.8 Å². The molecule has 0 radical (unpaired) electrons. The van der Waals surface area contributed by atoms with Gasteiger partial charge in [-0.1, -0.05) is 29.3 Å². The molecule has 1 atom stereocenters. The molecule has 19 heavy (non-hydrogen) atoms. The van der Waals surface area contributed by atoms with Gasteiger partial charge in [0, 0.05) is 20.2 Å². The van der Waals surface area contributed by atoms with Crippen LogP contribution in [-0.2, 0) is 16.6 Å². The van der Waals surface area contributed by atoms with Crippen LogP contribution in [-0.4, -0.2) is 4.21 Å². The quantitative estimate of drug-likeness (QED) is 0.790. The Morgan fingerprint density at radius 3 is 2.53 bits per heavy atom. The number of hydrogen-bond donors (Lipinski definition) is 1. The number of halogens is 3. The highest BCUT2D eigenvalue weighted by Crippen LogP contribution is 2.27.